The molecule has 19 heavy (non-hydrogen) atoms. The number of hydrogen-bond acceptors (Lipinski definition) is 5. The van der Waals surface area contributed by atoms with Crippen molar-refractivity contribution in [3.63, 3.8) is 0 Å². The molecular formula is C11H17N5O2S. The molecule has 8 heteroatoms. The minimum atomic E-state index is -0.396. The monoisotopic (exact) mass is 283 g/mol. The molecule has 0 amide bonds. The topological polar surface area (TPSA) is 85.4 Å². The Balaban J connectivity index is 2.31. The summed E-state index contributed by atoms with van der Waals surface area (Å²) in [6, 6.07) is 0. The zero-order valence-electron chi connectivity index (χ0n) is 11.0. The molecule has 2 rings (SSSR count). The van der Waals surface area contributed by atoms with Gasteiger partial charge < -0.3 is 15.1 Å². The molecule has 0 aromatic carbocycles. The number of aromatic nitrogens is 2. The van der Waals surface area contributed by atoms with Crippen LogP contribution in [0.4, 0.5) is 0 Å². The van der Waals surface area contributed by atoms with E-state index in [-0.39, 0.29) is 0 Å². The molecule has 104 valence electrons. The number of carbonyl (C=O) groups excluding carboxylic acids is 1. The molecule has 0 fully saturated rings. The minimum Gasteiger partial charge on any atom is -0.461 e. The number of rotatable bonds is 2. The highest BCUT2D eigenvalue weighted by Gasteiger charge is 2.28. The van der Waals surface area contributed by atoms with E-state index in [2.05, 4.69) is 10.5 Å². The Morgan fingerprint density at radius 3 is 3.00 bits per heavy atom. The van der Waals surface area contributed by atoms with E-state index in [1.807, 2.05) is 11.9 Å². The molecule has 1 aromatic heterocycles. The summed E-state index contributed by atoms with van der Waals surface area (Å²) >= 11 is 5.12. The van der Waals surface area contributed by atoms with E-state index < -0.39 is 5.97 Å². The predicted molar refractivity (Wildman–Crippen MR) is 73.2 cm³/mol. The highest BCUT2D eigenvalue weighted by Crippen LogP contribution is 2.22. The first-order valence-corrected chi connectivity index (χ1v) is 6.46. The molecule has 1 aliphatic rings. The van der Waals surface area contributed by atoms with Crippen LogP contribution in [0.1, 0.15) is 28.7 Å². The first kappa shape index (κ1) is 13.8. The van der Waals surface area contributed by atoms with Gasteiger partial charge >= 0.3 is 5.97 Å². The van der Waals surface area contributed by atoms with Gasteiger partial charge in [0.05, 0.1) is 6.61 Å². The highest BCUT2D eigenvalue weighted by atomic mass is 32.1. The summed E-state index contributed by atoms with van der Waals surface area (Å²) < 4.78 is 6.76. The lowest BCUT2D eigenvalue weighted by atomic mass is 10.1. The van der Waals surface area contributed by atoms with Gasteiger partial charge in [0, 0.05) is 37.8 Å². The van der Waals surface area contributed by atoms with Gasteiger partial charge in [-0.15, -0.1) is 0 Å². The Morgan fingerprint density at radius 2 is 2.37 bits per heavy atom. The van der Waals surface area contributed by atoms with E-state index in [1.165, 1.54) is 0 Å². The molecule has 0 spiro atoms. The van der Waals surface area contributed by atoms with Gasteiger partial charge in [-0.3, -0.25) is 4.68 Å². The number of aryl methyl sites for hydroxylation is 1. The van der Waals surface area contributed by atoms with Gasteiger partial charge in [0.15, 0.2) is 10.8 Å². The smallest absolute Gasteiger partial charge is 0.359 e. The van der Waals surface area contributed by atoms with Crippen molar-refractivity contribution < 1.29 is 9.53 Å². The van der Waals surface area contributed by atoms with E-state index in [4.69, 9.17) is 22.8 Å². The van der Waals surface area contributed by atoms with E-state index in [0.29, 0.717) is 24.0 Å². The van der Waals surface area contributed by atoms with Crippen LogP contribution in [0, 0.1) is 0 Å². The van der Waals surface area contributed by atoms with Crippen LogP contribution in [0.5, 0.6) is 0 Å². The van der Waals surface area contributed by atoms with Gasteiger partial charge in [0.25, 0.3) is 0 Å². The molecule has 1 aliphatic heterocycles. The maximum Gasteiger partial charge on any atom is 0.359 e. The second-order valence-corrected chi connectivity index (χ2v) is 4.63. The van der Waals surface area contributed by atoms with Crippen molar-refractivity contribution in [1.82, 2.24) is 20.1 Å². The number of nitrogens with zero attached hydrogens (tertiary/aromatic N) is 3. The van der Waals surface area contributed by atoms with Gasteiger partial charge in [-0.2, -0.15) is 5.10 Å². The standard InChI is InChI=1S/C11H17N5O2S/c1-3-18-10(17)9-7-6-16(11(19)13-12)5-4-8(7)15(2)14-9/h3-6,12H2,1-2H3,(H,13,19). The number of hydrogen-bond donors (Lipinski definition) is 2. The molecule has 0 atom stereocenters. The molecule has 7 nitrogen and oxygen atoms in total. The van der Waals surface area contributed by atoms with Crippen molar-refractivity contribution in [2.75, 3.05) is 13.2 Å². The molecule has 0 unspecified atom stereocenters. The SMILES string of the molecule is CCOC(=O)c1nn(C)c2c1CN(C(=S)NN)CC2. The maximum absolute atomic E-state index is 11.9. The molecular weight excluding hydrogens is 266 g/mol. The molecule has 0 saturated heterocycles. The van der Waals surface area contributed by atoms with E-state index >= 15 is 0 Å². The number of nitrogens with one attached hydrogen (secondary N) is 1. The minimum absolute atomic E-state index is 0.330. The van der Waals surface area contributed by atoms with Crippen LogP contribution < -0.4 is 11.3 Å². The van der Waals surface area contributed by atoms with Gasteiger partial charge in [0.2, 0.25) is 0 Å². The van der Waals surface area contributed by atoms with Crippen molar-refractivity contribution in [2.45, 2.75) is 19.9 Å². The maximum atomic E-state index is 11.9. The summed E-state index contributed by atoms with van der Waals surface area (Å²) in [7, 11) is 1.83. The fourth-order valence-electron chi connectivity index (χ4n) is 2.22. The van der Waals surface area contributed by atoms with Gasteiger partial charge in [0.1, 0.15) is 0 Å². The lowest BCUT2D eigenvalue weighted by Gasteiger charge is -2.28. The van der Waals surface area contributed by atoms with Crippen LogP contribution in [0.25, 0.3) is 0 Å². The average molecular weight is 283 g/mol. The van der Waals surface area contributed by atoms with Crippen LogP contribution in [0.15, 0.2) is 0 Å². The zero-order chi connectivity index (χ0) is 14.0. The molecule has 3 N–H and O–H groups in total. The molecule has 1 aromatic rings. The highest BCUT2D eigenvalue weighted by molar-refractivity contribution is 7.80. The largest absolute Gasteiger partial charge is 0.461 e. The Kier molecular flexibility index (Phi) is 4.01. The molecule has 0 bridgehead atoms. The lowest BCUT2D eigenvalue weighted by Crippen LogP contribution is -2.45. The second-order valence-electron chi connectivity index (χ2n) is 4.24. The van der Waals surface area contributed by atoms with E-state index in [0.717, 1.165) is 24.2 Å². The zero-order valence-corrected chi connectivity index (χ0v) is 11.8. The summed E-state index contributed by atoms with van der Waals surface area (Å²) in [6.07, 6.45) is 0.764. The first-order chi connectivity index (χ1) is 9.08. The molecule has 0 saturated carbocycles. The fraction of sp³-hybridized carbons (Fsp3) is 0.545. The normalized spacial score (nSPS) is 13.9. The second kappa shape index (κ2) is 5.54. The summed E-state index contributed by atoms with van der Waals surface area (Å²) in [5, 5.41) is 4.71. The van der Waals surface area contributed by atoms with Gasteiger partial charge in [-0.25, -0.2) is 10.6 Å². The van der Waals surface area contributed by atoms with Crippen molar-refractivity contribution in [1.29, 1.82) is 0 Å². The third-order valence-corrected chi connectivity index (χ3v) is 3.50. The first-order valence-electron chi connectivity index (χ1n) is 6.05. The average Bonchev–Trinajstić information content (AvgIpc) is 2.75. The number of nitrogens with two attached hydrogens (primary N) is 1. The van der Waals surface area contributed by atoms with Crippen LogP contribution in [0.2, 0.25) is 0 Å². The predicted octanol–water partition coefficient (Wildman–Crippen LogP) is -0.297. The third-order valence-electron chi connectivity index (χ3n) is 3.12. The van der Waals surface area contributed by atoms with Crippen molar-refractivity contribution >= 4 is 23.3 Å². The molecule has 2 heterocycles. The third kappa shape index (κ3) is 2.54. The summed E-state index contributed by atoms with van der Waals surface area (Å²) in [4.78, 5) is 13.8. The van der Waals surface area contributed by atoms with Crippen LogP contribution in [-0.2, 0) is 24.8 Å². The lowest BCUT2D eigenvalue weighted by molar-refractivity contribution is 0.0516. The quantitative estimate of drug-likeness (QED) is 0.334. The van der Waals surface area contributed by atoms with E-state index in [9.17, 15) is 4.79 Å². The molecule has 0 aliphatic carbocycles. The number of ether oxygens (including phenoxy) is 1. The molecule has 0 radical (unpaired) electrons. The van der Waals surface area contributed by atoms with Crippen molar-refractivity contribution in [2.24, 2.45) is 12.9 Å². The number of thiocarbonyl (C=S) groups is 1. The number of esters is 1. The number of carbonyl (C=O) groups is 1. The summed E-state index contributed by atoms with van der Waals surface area (Å²) in [6.45, 7) is 3.36. The number of hydrazine groups is 1. The summed E-state index contributed by atoms with van der Waals surface area (Å²) in [5.74, 6) is 4.93. The summed E-state index contributed by atoms with van der Waals surface area (Å²) in [5.41, 5.74) is 4.73. The van der Waals surface area contributed by atoms with Crippen LogP contribution >= 0.6 is 12.2 Å². The van der Waals surface area contributed by atoms with Gasteiger partial charge in [-0.05, 0) is 19.1 Å². The van der Waals surface area contributed by atoms with Crippen molar-refractivity contribution in [3.05, 3.63) is 17.0 Å². The van der Waals surface area contributed by atoms with Crippen LogP contribution in [-0.4, -0.2) is 38.9 Å². The Labute approximate surface area is 116 Å². The van der Waals surface area contributed by atoms with Crippen LogP contribution in [0.3, 0.4) is 0 Å². The Bertz CT molecular complexity index is 513. The van der Waals surface area contributed by atoms with Crippen molar-refractivity contribution in [3.8, 4) is 0 Å². The van der Waals surface area contributed by atoms with Gasteiger partial charge in [-0.1, -0.05) is 0 Å². The fourth-order valence-corrected chi connectivity index (χ4v) is 2.38. The van der Waals surface area contributed by atoms with E-state index in [1.54, 1.807) is 11.6 Å². The number of fused-ring (bicyclic) bond motifs is 1. The Morgan fingerprint density at radius 1 is 1.63 bits per heavy atom. The Hall–Kier alpha value is -1.67.